The number of amides is 2. The molecule has 1 heterocycles. The van der Waals surface area contributed by atoms with Crippen molar-refractivity contribution in [2.24, 2.45) is 0 Å². The molecule has 162 valence electrons. The Morgan fingerprint density at radius 1 is 1.00 bits per heavy atom. The van der Waals surface area contributed by atoms with E-state index in [0.717, 1.165) is 5.56 Å². The Hall–Kier alpha value is -3.12. The van der Waals surface area contributed by atoms with Crippen LogP contribution in [-0.4, -0.2) is 34.2 Å². The molecule has 1 aromatic heterocycles. The third kappa shape index (κ3) is 6.18. The highest BCUT2D eigenvalue weighted by atomic mass is 35.5. The summed E-state index contributed by atoms with van der Waals surface area (Å²) in [5.41, 5.74) is 1.24. The molecular formula is C24H24ClFN2O3. The average molecular weight is 443 g/mol. The molecule has 0 radical (unpaired) electrons. The largest absolute Gasteiger partial charge is 0.467 e. The second-order valence-electron chi connectivity index (χ2n) is 7.49. The maximum atomic E-state index is 13.3. The third-order valence-corrected chi connectivity index (χ3v) is 5.10. The summed E-state index contributed by atoms with van der Waals surface area (Å²) in [5.74, 6) is -0.209. The van der Waals surface area contributed by atoms with Crippen molar-refractivity contribution in [2.45, 2.75) is 33.0 Å². The fourth-order valence-corrected chi connectivity index (χ4v) is 3.25. The molecule has 0 atom stereocenters. The van der Waals surface area contributed by atoms with Crippen LogP contribution in [0.3, 0.4) is 0 Å². The summed E-state index contributed by atoms with van der Waals surface area (Å²) in [4.78, 5) is 29.4. The van der Waals surface area contributed by atoms with Gasteiger partial charge in [-0.1, -0.05) is 23.7 Å². The topological polar surface area (TPSA) is 53.8 Å². The van der Waals surface area contributed by atoms with Gasteiger partial charge in [0.15, 0.2) is 0 Å². The Morgan fingerprint density at radius 3 is 2.26 bits per heavy atom. The van der Waals surface area contributed by atoms with E-state index < -0.39 is 0 Å². The molecule has 0 bridgehead atoms. The van der Waals surface area contributed by atoms with Gasteiger partial charge >= 0.3 is 0 Å². The van der Waals surface area contributed by atoms with Gasteiger partial charge in [-0.2, -0.15) is 0 Å². The fraction of sp³-hybridized carbons (Fsp3) is 0.250. The molecule has 2 aromatic carbocycles. The predicted molar refractivity (Wildman–Crippen MR) is 117 cm³/mol. The van der Waals surface area contributed by atoms with Gasteiger partial charge in [0, 0.05) is 23.2 Å². The number of hydrogen-bond donors (Lipinski definition) is 0. The summed E-state index contributed by atoms with van der Waals surface area (Å²) in [6.07, 6.45) is 1.54. The van der Waals surface area contributed by atoms with Crippen LogP contribution >= 0.6 is 11.6 Å². The maximum Gasteiger partial charge on any atom is 0.254 e. The van der Waals surface area contributed by atoms with E-state index in [0.29, 0.717) is 16.3 Å². The van der Waals surface area contributed by atoms with E-state index in [4.69, 9.17) is 16.0 Å². The van der Waals surface area contributed by atoms with Crippen molar-refractivity contribution in [3.05, 3.63) is 94.7 Å². The van der Waals surface area contributed by atoms with E-state index in [1.165, 1.54) is 17.0 Å². The molecule has 5 nitrogen and oxygen atoms in total. The lowest BCUT2D eigenvalue weighted by atomic mass is 10.1. The van der Waals surface area contributed by atoms with Crippen LogP contribution < -0.4 is 0 Å². The molecule has 0 saturated carbocycles. The van der Waals surface area contributed by atoms with Crippen LogP contribution in [0.4, 0.5) is 4.39 Å². The summed E-state index contributed by atoms with van der Waals surface area (Å²) in [5, 5.41) is 0.535. The van der Waals surface area contributed by atoms with E-state index in [-0.39, 0.29) is 43.3 Å². The van der Waals surface area contributed by atoms with Crippen LogP contribution in [0.25, 0.3) is 0 Å². The Morgan fingerprint density at radius 2 is 1.68 bits per heavy atom. The van der Waals surface area contributed by atoms with Crippen LogP contribution in [0.2, 0.25) is 5.02 Å². The lowest BCUT2D eigenvalue weighted by Crippen LogP contribution is -2.45. The Labute approximate surface area is 186 Å². The van der Waals surface area contributed by atoms with Gasteiger partial charge in [-0.25, -0.2) is 4.39 Å². The van der Waals surface area contributed by atoms with Crippen molar-refractivity contribution in [1.82, 2.24) is 9.80 Å². The number of carbonyl (C=O) groups excluding carboxylic acids is 2. The van der Waals surface area contributed by atoms with Crippen LogP contribution in [0.1, 0.15) is 35.5 Å². The van der Waals surface area contributed by atoms with Crippen molar-refractivity contribution >= 4 is 23.4 Å². The molecule has 0 aliphatic carbocycles. The zero-order valence-electron chi connectivity index (χ0n) is 17.4. The van der Waals surface area contributed by atoms with Gasteiger partial charge in [0.2, 0.25) is 5.91 Å². The lowest BCUT2D eigenvalue weighted by Gasteiger charge is -2.30. The second kappa shape index (κ2) is 10.3. The number of rotatable bonds is 8. The fourth-order valence-electron chi connectivity index (χ4n) is 3.13. The zero-order valence-corrected chi connectivity index (χ0v) is 18.2. The molecule has 31 heavy (non-hydrogen) atoms. The van der Waals surface area contributed by atoms with Gasteiger partial charge in [-0.05, 0) is 67.9 Å². The number of halogens is 2. The molecule has 7 heteroatoms. The third-order valence-electron chi connectivity index (χ3n) is 4.85. The van der Waals surface area contributed by atoms with E-state index >= 15 is 0 Å². The minimum Gasteiger partial charge on any atom is -0.467 e. The van der Waals surface area contributed by atoms with Crippen LogP contribution in [0.5, 0.6) is 0 Å². The van der Waals surface area contributed by atoms with Gasteiger partial charge in [0.25, 0.3) is 5.91 Å². The highest BCUT2D eigenvalue weighted by Crippen LogP contribution is 2.16. The van der Waals surface area contributed by atoms with Crippen LogP contribution in [-0.2, 0) is 17.9 Å². The summed E-state index contributed by atoms with van der Waals surface area (Å²) in [6, 6.07) is 15.9. The van der Waals surface area contributed by atoms with Gasteiger partial charge in [0.1, 0.15) is 18.1 Å². The first kappa shape index (κ1) is 22.6. The molecule has 0 spiro atoms. The molecule has 0 unspecified atom stereocenters. The molecule has 0 saturated heterocycles. The lowest BCUT2D eigenvalue weighted by molar-refractivity contribution is -0.133. The summed E-state index contributed by atoms with van der Waals surface area (Å²) >= 11 is 5.92. The molecule has 0 aliphatic heterocycles. The first-order valence-corrected chi connectivity index (χ1v) is 10.3. The summed E-state index contributed by atoms with van der Waals surface area (Å²) in [7, 11) is 0. The van der Waals surface area contributed by atoms with E-state index in [1.807, 2.05) is 13.8 Å². The maximum absolute atomic E-state index is 13.3. The van der Waals surface area contributed by atoms with Gasteiger partial charge in [-0.15, -0.1) is 0 Å². The monoisotopic (exact) mass is 442 g/mol. The van der Waals surface area contributed by atoms with Crippen LogP contribution in [0, 0.1) is 5.82 Å². The molecule has 2 amide bonds. The number of nitrogens with zero attached hydrogens (tertiary/aromatic N) is 2. The number of carbonyl (C=O) groups is 2. The van der Waals surface area contributed by atoms with E-state index in [9.17, 15) is 14.0 Å². The highest BCUT2D eigenvalue weighted by Gasteiger charge is 2.25. The van der Waals surface area contributed by atoms with Gasteiger partial charge in [0.05, 0.1) is 12.8 Å². The number of benzene rings is 2. The van der Waals surface area contributed by atoms with Crippen molar-refractivity contribution in [3.8, 4) is 0 Å². The smallest absolute Gasteiger partial charge is 0.254 e. The Kier molecular flexibility index (Phi) is 7.47. The number of hydrogen-bond acceptors (Lipinski definition) is 3. The molecule has 0 aliphatic rings. The molecule has 0 fully saturated rings. The first-order chi connectivity index (χ1) is 14.8. The molecular weight excluding hydrogens is 419 g/mol. The van der Waals surface area contributed by atoms with Crippen molar-refractivity contribution in [1.29, 1.82) is 0 Å². The van der Waals surface area contributed by atoms with Crippen molar-refractivity contribution in [3.63, 3.8) is 0 Å². The Balaban J connectivity index is 1.79. The molecule has 3 rings (SSSR count). The van der Waals surface area contributed by atoms with Gasteiger partial charge in [-0.3, -0.25) is 9.59 Å². The van der Waals surface area contributed by atoms with Crippen molar-refractivity contribution < 1.29 is 18.4 Å². The minimum atomic E-state index is -0.341. The van der Waals surface area contributed by atoms with E-state index in [1.54, 1.807) is 59.7 Å². The zero-order chi connectivity index (χ0) is 22.4. The van der Waals surface area contributed by atoms with Crippen LogP contribution in [0.15, 0.2) is 71.3 Å². The molecule has 0 N–H and O–H groups in total. The Bertz CT molecular complexity index is 1000. The van der Waals surface area contributed by atoms with E-state index in [2.05, 4.69) is 0 Å². The standard InChI is InChI=1S/C24H24ClFN2O3/c1-17(2)28(24(30)19-7-9-20(25)10-8-19)16-23(29)27(15-22-4-3-13-31-22)14-18-5-11-21(26)12-6-18/h3-13,17H,14-16H2,1-2H3. The summed E-state index contributed by atoms with van der Waals surface area (Å²) in [6.45, 7) is 4.13. The number of furan rings is 1. The predicted octanol–water partition coefficient (Wildman–Crippen LogP) is 5.15. The van der Waals surface area contributed by atoms with Crippen molar-refractivity contribution in [2.75, 3.05) is 6.54 Å². The highest BCUT2D eigenvalue weighted by molar-refractivity contribution is 6.30. The van der Waals surface area contributed by atoms with Gasteiger partial charge < -0.3 is 14.2 Å². The minimum absolute atomic E-state index is 0.0962. The normalized spacial score (nSPS) is 10.9. The molecule has 3 aromatic rings. The first-order valence-electron chi connectivity index (χ1n) is 9.94. The SMILES string of the molecule is CC(C)N(CC(=O)N(Cc1ccc(F)cc1)Cc1ccco1)C(=O)c1ccc(Cl)cc1. The summed E-state index contributed by atoms with van der Waals surface area (Å²) < 4.78 is 18.7. The quantitative estimate of drug-likeness (QED) is 0.484. The average Bonchev–Trinajstić information content (AvgIpc) is 3.26. The second-order valence-corrected chi connectivity index (χ2v) is 7.93.